The third kappa shape index (κ3) is 2.80. The molecule has 1 aromatic heterocycles. The van der Waals surface area contributed by atoms with Gasteiger partial charge in [0.15, 0.2) is 0 Å². The standard InChI is InChI=1S/C37H22ClNS/c38-23-17-20-34-28(21-23)26-10-2-6-14-33(26)39(34)24-18-19-30-27(22-24)25-9-1-3-11-29(25)37(30)31-12-4-7-15-35(31)40-36-16-8-5-13-32(36)37/h1-22H. The maximum atomic E-state index is 6.46. The molecule has 9 rings (SSSR count). The number of halogens is 1. The van der Waals surface area contributed by atoms with Crippen molar-refractivity contribution in [2.75, 3.05) is 0 Å². The summed E-state index contributed by atoms with van der Waals surface area (Å²) < 4.78 is 2.38. The van der Waals surface area contributed by atoms with Gasteiger partial charge in [0, 0.05) is 31.3 Å². The van der Waals surface area contributed by atoms with Crippen molar-refractivity contribution in [2.24, 2.45) is 0 Å². The van der Waals surface area contributed by atoms with Crippen LogP contribution in [-0.4, -0.2) is 4.57 Å². The van der Waals surface area contributed by atoms with Crippen molar-refractivity contribution in [3.05, 3.63) is 161 Å². The van der Waals surface area contributed by atoms with Gasteiger partial charge in [0.2, 0.25) is 0 Å². The number of para-hydroxylation sites is 1. The van der Waals surface area contributed by atoms with Gasteiger partial charge < -0.3 is 4.57 Å². The minimum Gasteiger partial charge on any atom is -0.309 e. The monoisotopic (exact) mass is 547 g/mol. The summed E-state index contributed by atoms with van der Waals surface area (Å²) in [5, 5.41) is 3.14. The van der Waals surface area contributed by atoms with Gasteiger partial charge in [-0.2, -0.15) is 0 Å². The molecule has 7 aromatic rings. The van der Waals surface area contributed by atoms with E-state index in [0.717, 1.165) is 16.2 Å². The minimum atomic E-state index is -0.350. The lowest BCUT2D eigenvalue weighted by atomic mass is 9.67. The molecule has 2 aliphatic rings. The Kier molecular flexibility index (Phi) is 4.59. The van der Waals surface area contributed by atoms with Gasteiger partial charge in [-0.05, 0) is 81.9 Å². The highest BCUT2D eigenvalue weighted by molar-refractivity contribution is 7.99. The highest BCUT2D eigenvalue weighted by atomic mass is 35.5. The first-order chi connectivity index (χ1) is 19.7. The summed E-state index contributed by atoms with van der Waals surface area (Å²) in [6, 6.07) is 48.8. The average Bonchev–Trinajstić information content (AvgIpc) is 3.48. The Morgan fingerprint density at radius 2 is 1.12 bits per heavy atom. The summed E-state index contributed by atoms with van der Waals surface area (Å²) >= 11 is 8.34. The zero-order valence-corrected chi connectivity index (χ0v) is 23.0. The van der Waals surface area contributed by atoms with Crippen LogP contribution >= 0.6 is 23.4 Å². The molecule has 1 aliphatic carbocycles. The van der Waals surface area contributed by atoms with Gasteiger partial charge >= 0.3 is 0 Å². The highest BCUT2D eigenvalue weighted by Gasteiger charge is 2.50. The number of aromatic nitrogens is 1. The summed E-state index contributed by atoms with van der Waals surface area (Å²) in [6.07, 6.45) is 0. The van der Waals surface area contributed by atoms with E-state index in [1.165, 1.54) is 59.5 Å². The predicted octanol–water partition coefficient (Wildman–Crippen LogP) is 10.3. The van der Waals surface area contributed by atoms with Crippen LogP contribution in [0.1, 0.15) is 22.3 Å². The van der Waals surface area contributed by atoms with Crippen molar-refractivity contribution in [3.8, 4) is 16.8 Å². The van der Waals surface area contributed by atoms with Crippen LogP contribution in [0.15, 0.2) is 143 Å². The second-order valence-electron chi connectivity index (χ2n) is 10.6. The molecule has 2 heterocycles. The first-order valence-corrected chi connectivity index (χ1v) is 14.7. The van der Waals surface area contributed by atoms with Gasteiger partial charge in [-0.1, -0.05) is 108 Å². The number of rotatable bonds is 1. The van der Waals surface area contributed by atoms with Crippen LogP contribution < -0.4 is 0 Å². The summed E-state index contributed by atoms with van der Waals surface area (Å²) in [7, 11) is 0. The first kappa shape index (κ1) is 22.6. The molecule has 0 fully saturated rings. The van der Waals surface area contributed by atoms with Crippen LogP contribution in [0.25, 0.3) is 38.6 Å². The fraction of sp³-hybridized carbons (Fsp3) is 0.0270. The van der Waals surface area contributed by atoms with Crippen molar-refractivity contribution >= 4 is 45.2 Å². The lowest BCUT2D eigenvalue weighted by molar-refractivity contribution is 0.722. The molecule has 0 radical (unpaired) electrons. The number of fused-ring (bicyclic) bond motifs is 12. The lowest BCUT2D eigenvalue weighted by Crippen LogP contribution is -2.31. The van der Waals surface area contributed by atoms with Gasteiger partial charge in [-0.3, -0.25) is 0 Å². The Hall–Kier alpha value is -4.24. The maximum absolute atomic E-state index is 6.46. The van der Waals surface area contributed by atoms with Crippen LogP contribution in [0.3, 0.4) is 0 Å². The molecule has 0 saturated heterocycles. The molecule has 0 atom stereocenters. The zero-order chi connectivity index (χ0) is 26.4. The Morgan fingerprint density at radius 1 is 0.500 bits per heavy atom. The van der Waals surface area contributed by atoms with E-state index in [-0.39, 0.29) is 5.41 Å². The third-order valence-corrected chi connectivity index (χ3v) is 10.1. The largest absolute Gasteiger partial charge is 0.309 e. The molecule has 40 heavy (non-hydrogen) atoms. The molecular weight excluding hydrogens is 526 g/mol. The Balaban J connectivity index is 1.39. The SMILES string of the molecule is Clc1ccc2c(c1)c1ccccc1n2-c1ccc2c(c1)-c1ccccc1C21c2ccccc2Sc2ccccc21. The quantitative estimate of drug-likeness (QED) is 0.198. The first-order valence-electron chi connectivity index (χ1n) is 13.6. The van der Waals surface area contributed by atoms with Crippen LogP contribution in [-0.2, 0) is 5.41 Å². The van der Waals surface area contributed by atoms with Gasteiger partial charge in [-0.25, -0.2) is 0 Å². The average molecular weight is 548 g/mol. The van der Waals surface area contributed by atoms with Crippen LogP contribution in [0.2, 0.25) is 5.02 Å². The third-order valence-electron chi connectivity index (χ3n) is 8.72. The molecular formula is C37H22ClNS. The van der Waals surface area contributed by atoms with E-state index in [1.54, 1.807) is 0 Å². The number of nitrogens with zero attached hydrogens (tertiary/aromatic N) is 1. The molecule has 0 unspecified atom stereocenters. The second-order valence-corrected chi connectivity index (χ2v) is 12.2. The topological polar surface area (TPSA) is 4.93 Å². The molecule has 3 heteroatoms. The Bertz CT molecular complexity index is 2130. The van der Waals surface area contributed by atoms with Gasteiger partial charge in [0.1, 0.15) is 0 Å². The van der Waals surface area contributed by atoms with E-state index in [4.69, 9.17) is 11.6 Å². The van der Waals surface area contributed by atoms with Crippen LogP contribution in [0, 0.1) is 0 Å². The van der Waals surface area contributed by atoms with E-state index in [1.807, 2.05) is 17.8 Å². The predicted molar refractivity (Wildman–Crippen MR) is 167 cm³/mol. The molecule has 1 nitrogen and oxygen atoms in total. The Morgan fingerprint density at radius 3 is 1.93 bits per heavy atom. The number of hydrogen-bond acceptors (Lipinski definition) is 1. The lowest BCUT2D eigenvalue weighted by Gasteiger charge is -2.39. The van der Waals surface area contributed by atoms with E-state index in [0.29, 0.717) is 0 Å². The molecule has 0 saturated carbocycles. The summed E-state index contributed by atoms with van der Waals surface area (Å²) in [5.41, 5.74) is 11.2. The fourth-order valence-electron chi connectivity index (χ4n) is 7.21. The Labute approximate surface area is 241 Å². The fourth-order valence-corrected chi connectivity index (χ4v) is 8.57. The second kappa shape index (κ2) is 8.14. The van der Waals surface area contributed by atoms with E-state index in [2.05, 4.69) is 132 Å². The van der Waals surface area contributed by atoms with Crippen molar-refractivity contribution in [1.29, 1.82) is 0 Å². The number of benzene rings is 6. The van der Waals surface area contributed by atoms with Gasteiger partial charge in [0.25, 0.3) is 0 Å². The van der Waals surface area contributed by atoms with Crippen LogP contribution in [0.4, 0.5) is 0 Å². The normalized spacial score (nSPS) is 14.2. The zero-order valence-electron chi connectivity index (χ0n) is 21.4. The smallest absolute Gasteiger partial charge is 0.0735 e. The van der Waals surface area contributed by atoms with Crippen molar-refractivity contribution in [3.63, 3.8) is 0 Å². The molecule has 0 amide bonds. The molecule has 0 bridgehead atoms. The van der Waals surface area contributed by atoms with Crippen molar-refractivity contribution in [2.45, 2.75) is 15.2 Å². The van der Waals surface area contributed by atoms with Gasteiger partial charge in [-0.15, -0.1) is 0 Å². The van der Waals surface area contributed by atoms with Crippen molar-refractivity contribution < 1.29 is 0 Å². The molecule has 6 aromatic carbocycles. The molecule has 0 N–H and O–H groups in total. The molecule has 188 valence electrons. The van der Waals surface area contributed by atoms with E-state index >= 15 is 0 Å². The van der Waals surface area contributed by atoms with Crippen LogP contribution in [0.5, 0.6) is 0 Å². The van der Waals surface area contributed by atoms with E-state index in [9.17, 15) is 0 Å². The van der Waals surface area contributed by atoms with Crippen molar-refractivity contribution in [1.82, 2.24) is 4.57 Å². The summed E-state index contributed by atoms with van der Waals surface area (Å²) in [6.45, 7) is 0. The van der Waals surface area contributed by atoms with Gasteiger partial charge in [0.05, 0.1) is 16.4 Å². The number of hydrogen-bond donors (Lipinski definition) is 0. The van der Waals surface area contributed by atoms with E-state index < -0.39 is 0 Å². The molecule has 1 spiro atoms. The molecule has 1 aliphatic heterocycles. The maximum Gasteiger partial charge on any atom is 0.0735 e. The summed E-state index contributed by atoms with van der Waals surface area (Å²) in [4.78, 5) is 2.65. The minimum absolute atomic E-state index is 0.350. The highest BCUT2D eigenvalue weighted by Crippen LogP contribution is 2.62. The summed E-state index contributed by atoms with van der Waals surface area (Å²) in [5.74, 6) is 0.